The molecule has 7 heteroatoms. The van der Waals surface area contributed by atoms with Crippen LogP contribution in [0.4, 0.5) is 0 Å². The Labute approximate surface area is 135 Å². The molecule has 0 bridgehead atoms. The molecule has 0 aromatic carbocycles. The van der Waals surface area contributed by atoms with Crippen molar-refractivity contribution < 1.29 is 4.42 Å². The van der Waals surface area contributed by atoms with E-state index < -0.39 is 0 Å². The Balaban J connectivity index is 1.47. The van der Waals surface area contributed by atoms with Crippen LogP contribution in [0, 0.1) is 0 Å². The Hall–Kier alpha value is -2.25. The van der Waals surface area contributed by atoms with E-state index in [0.29, 0.717) is 12.6 Å². The molecule has 0 radical (unpaired) electrons. The summed E-state index contributed by atoms with van der Waals surface area (Å²) in [4.78, 5) is 2.15. The quantitative estimate of drug-likeness (QED) is 0.656. The van der Waals surface area contributed by atoms with Crippen LogP contribution >= 0.6 is 0 Å². The highest BCUT2D eigenvalue weighted by Crippen LogP contribution is 2.29. The first-order chi connectivity index (χ1) is 11.3. The molecular weight excluding hydrogens is 292 g/mol. The van der Waals surface area contributed by atoms with Crippen LogP contribution in [-0.4, -0.2) is 29.7 Å². The number of fused-ring (bicyclic) bond motifs is 1. The van der Waals surface area contributed by atoms with Gasteiger partial charge in [-0.15, -0.1) is 0 Å². The van der Waals surface area contributed by atoms with Crippen molar-refractivity contribution in [1.29, 1.82) is 0 Å². The van der Waals surface area contributed by atoms with Gasteiger partial charge in [-0.05, 0) is 37.0 Å². The number of nitrogens with one attached hydrogen (secondary N) is 3. The molecule has 4 rings (SSSR count). The van der Waals surface area contributed by atoms with Gasteiger partial charge in [0.05, 0.1) is 12.8 Å². The van der Waals surface area contributed by atoms with Crippen LogP contribution in [0.5, 0.6) is 0 Å². The molecule has 1 aliphatic carbocycles. The number of hydrogen-bond acceptors (Lipinski definition) is 7. The number of nitrogens with zero attached hydrogens (tertiary/aromatic N) is 2. The summed E-state index contributed by atoms with van der Waals surface area (Å²) in [7, 11) is 0. The smallest absolute Gasteiger partial charge is 0.158 e. The van der Waals surface area contributed by atoms with E-state index in [2.05, 4.69) is 38.3 Å². The Morgan fingerprint density at radius 2 is 2.43 bits per heavy atom. The van der Waals surface area contributed by atoms with Crippen molar-refractivity contribution in [3.63, 3.8) is 0 Å². The predicted octanol–water partition coefficient (Wildman–Crippen LogP) is 0.752. The first kappa shape index (κ1) is 14.3. The van der Waals surface area contributed by atoms with Crippen molar-refractivity contribution in [3.05, 3.63) is 47.6 Å². The first-order valence-corrected chi connectivity index (χ1v) is 8.04. The summed E-state index contributed by atoms with van der Waals surface area (Å²) in [5.74, 6) is 0.909. The van der Waals surface area contributed by atoms with Gasteiger partial charge in [-0.1, -0.05) is 6.08 Å². The third-order valence-corrected chi connectivity index (χ3v) is 4.55. The fourth-order valence-corrected chi connectivity index (χ4v) is 3.24. The van der Waals surface area contributed by atoms with Crippen LogP contribution in [-0.2, 0) is 6.54 Å². The van der Waals surface area contributed by atoms with Gasteiger partial charge in [0.25, 0.3) is 0 Å². The lowest BCUT2D eigenvalue weighted by Gasteiger charge is -2.39. The summed E-state index contributed by atoms with van der Waals surface area (Å²) in [5, 5.41) is 11.1. The van der Waals surface area contributed by atoms with Gasteiger partial charge in [-0.3, -0.25) is 10.7 Å². The lowest BCUT2D eigenvalue weighted by Crippen LogP contribution is -2.60. The van der Waals surface area contributed by atoms with Crippen LogP contribution in [0.25, 0.3) is 0 Å². The van der Waals surface area contributed by atoms with Crippen LogP contribution in [0.1, 0.15) is 25.0 Å². The second kappa shape index (κ2) is 6.10. The molecule has 0 spiro atoms. The Kier molecular flexibility index (Phi) is 3.80. The maximum Gasteiger partial charge on any atom is 0.158 e. The lowest BCUT2D eigenvalue weighted by atomic mass is 9.89. The molecule has 2 aliphatic heterocycles. The van der Waals surface area contributed by atoms with Crippen LogP contribution in [0.3, 0.4) is 0 Å². The molecule has 3 heterocycles. The second-order valence-electron chi connectivity index (χ2n) is 6.12. The van der Waals surface area contributed by atoms with E-state index in [1.54, 1.807) is 6.26 Å². The zero-order chi connectivity index (χ0) is 15.6. The molecule has 3 aliphatic rings. The van der Waals surface area contributed by atoms with E-state index in [0.717, 1.165) is 25.0 Å². The van der Waals surface area contributed by atoms with Gasteiger partial charge >= 0.3 is 0 Å². The van der Waals surface area contributed by atoms with E-state index >= 15 is 0 Å². The van der Waals surface area contributed by atoms with E-state index in [1.807, 2.05) is 18.5 Å². The number of nitrogens with two attached hydrogens (primary N) is 1. The lowest BCUT2D eigenvalue weighted by molar-refractivity contribution is 0.184. The normalized spacial score (nSPS) is 29.4. The first-order valence-electron chi connectivity index (χ1n) is 8.04. The fraction of sp³-hybridized carbons (Fsp3) is 0.438. The van der Waals surface area contributed by atoms with Crippen LogP contribution in [0.15, 0.2) is 51.3 Å². The molecule has 23 heavy (non-hydrogen) atoms. The number of rotatable bonds is 4. The van der Waals surface area contributed by atoms with Gasteiger partial charge < -0.3 is 20.4 Å². The largest absolute Gasteiger partial charge is 0.468 e. The molecule has 0 saturated carbocycles. The summed E-state index contributed by atoms with van der Waals surface area (Å²) in [6.45, 7) is 0.655. The summed E-state index contributed by atoms with van der Waals surface area (Å²) < 4.78 is 5.37. The summed E-state index contributed by atoms with van der Waals surface area (Å²) in [5.41, 5.74) is 11.8. The van der Waals surface area contributed by atoms with Crippen molar-refractivity contribution >= 4 is 6.34 Å². The zero-order valence-corrected chi connectivity index (χ0v) is 12.9. The van der Waals surface area contributed by atoms with E-state index in [9.17, 15) is 0 Å². The van der Waals surface area contributed by atoms with Gasteiger partial charge in [-0.25, -0.2) is 0 Å². The summed E-state index contributed by atoms with van der Waals surface area (Å²) >= 11 is 0. The summed E-state index contributed by atoms with van der Waals surface area (Å²) in [6, 6.07) is 4.15. The molecule has 0 saturated heterocycles. The molecule has 0 fully saturated rings. The van der Waals surface area contributed by atoms with E-state index in [1.165, 1.54) is 11.1 Å². The second-order valence-corrected chi connectivity index (χ2v) is 6.12. The van der Waals surface area contributed by atoms with Crippen molar-refractivity contribution in [3.8, 4) is 0 Å². The fourth-order valence-electron chi connectivity index (χ4n) is 3.24. The molecule has 0 amide bonds. The minimum absolute atomic E-state index is 0.0287. The number of hydrogen-bond donors (Lipinski definition) is 4. The zero-order valence-electron chi connectivity index (χ0n) is 12.9. The Morgan fingerprint density at radius 3 is 3.22 bits per heavy atom. The molecule has 122 valence electrons. The monoisotopic (exact) mass is 314 g/mol. The average molecular weight is 314 g/mol. The third-order valence-electron chi connectivity index (χ3n) is 4.55. The van der Waals surface area contributed by atoms with Crippen molar-refractivity contribution in [2.45, 2.75) is 44.3 Å². The molecule has 5 N–H and O–H groups in total. The van der Waals surface area contributed by atoms with Crippen LogP contribution in [0.2, 0.25) is 0 Å². The minimum atomic E-state index is -0.0287. The third kappa shape index (κ3) is 2.85. The van der Waals surface area contributed by atoms with Gasteiger partial charge in [-0.2, -0.15) is 5.10 Å². The maximum absolute atomic E-state index is 5.99. The number of hydrazone groups is 1. The highest BCUT2D eigenvalue weighted by Gasteiger charge is 2.35. The molecule has 3 unspecified atom stereocenters. The Morgan fingerprint density at radius 1 is 1.48 bits per heavy atom. The van der Waals surface area contributed by atoms with Gasteiger partial charge in [0.15, 0.2) is 6.29 Å². The standard InChI is InChI=1S/C16H22N6O/c17-12-5-3-11(4-6-12)14-9-19-16(22-10-20-21-15(14)22)18-8-13-2-1-7-23-13/h1-3,7,9-10,12,15-16,18-19,21H,4-6,8,17H2. The van der Waals surface area contributed by atoms with E-state index in [-0.39, 0.29) is 12.5 Å². The topological polar surface area (TPSA) is 90.8 Å². The van der Waals surface area contributed by atoms with Crippen molar-refractivity contribution in [2.75, 3.05) is 0 Å². The maximum atomic E-state index is 5.99. The van der Waals surface area contributed by atoms with Crippen LogP contribution < -0.4 is 21.8 Å². The highest BCUT2D eigenvalue weighted by molar-refractivity contribution is 5.61. The minimum Gasteiger partial charge on any atom is -0.468 e. The Bertz CT molecular complexity index is 635. The van der Waals surface area contributed by atoms with E-state index in [4.69, 9.17) is 10.2 Å². The highest BCUT2D eigenvalue weighted by atomic mass is 16.3. The summed E-state index contributed by atoms with van der Waals surface area (Å²) in [6.07, 6.45) is 10.9. The van der Waals surface area contributed by atoms with Crippen molar-refractivity contribution in [1.82, 2.24) is 21.0 Å². The van der Waals surface area contributed by atoms with Gasteiger partial charge in [0.1, 0.15) is 18.3 Å². The molecule has 1 aromatic rings. The SMILES string of the molecule is NC1CC=C(C2=CNC(NCc3ccco3)N3C=NNC23)CC1. The molecular formula is C16H22N6O. The predicted molar refractivity (Wildman–Crippen MR) is 87.7 cm³/mol. The molecule has 3 atom stereocenters. The molecule has 1 aromatic heterocycles. The van der Waals surface area contributed by atoms with Gasteiger partial charge in [0, 0.05) is 17.8 Å². The average Bonchev–Trinajstić information content (AvgIpc) is 3.25. The van der Waals surface area contributed by atoms with Gasteiger partial charge in [0.2, 0.25) is 0 Å². The van der Waals surface area contributed by atoms with Crippen molar-refractivity contribution in [2.24, 2.45) is 10.8 Å². The number of furan rings is 1. The molecule has 7 nitrogen and oxygen atoms in total.